The summed E-state index contributed by atoms with van der Waals surface area (Å²) >= 11 is 0. The van der Waals surface area contributed by atoms with Gasteiger partial charge in [-0.05, 0) is 43.9 Å². The minimum absolute atomic E-state index is 0.0692. The lowest BCUT2D eigenvalue weighted by Crippen LogP contribution is -2.48. The van der Waals surface area contributed by atoms with Crippen LogP contribution in [0.25, 0.3) is 0 Å². The Morgan fingerprint density at radius 2 is 1.73 bits per heavy atom. The van der Waals surface area contributed by atoms with Crippen LogP contribution in [0.15, 0.2) is 59.5 Å². The summed E-state index contributed by atoms with van der Waals surface area (Å²) < 4.78 is 32.9. The lowest BCUT2D eigenvalue weighted by atomic mass is 9.85. The fraction of sp³-hybridized carbons (Fsp3) is 0.480. The van der Waals surface area contributed by atoms with Crippen LogP contribution in [0.4, 0.5) is 0 Å². The third-order valence-corrected chi connectivity index (χ3v) is 8.51. The quantitative estimate of drug-likeness (QED) is 0.669. The zero-order valence-corrected chi connectivity index (χ0v) is 19.8. The molecule has 1 amide bonds. The number of ether oxygens (including phenoxy) is 1. The molecule has 0 saturated carbocycles. The Hall–Kier alpha value is -2.26. The van der Waals surface area contributed by atoms with E-state index < -0.39 is 15.6 Å². The van der Waals surface area contributed by atoms with E-state index in [1.54, 1.807) is 29.2 Å². The van der Waals surface area contributed by atoms with E-state index in [4.69, 9.17) is 4.74 Å². The minimum atomic E-state index is -3.56. The molecular weight excluding hydrogens is 440 g/mol. The van der Waals surface area contributed by atoms with Crippen LogP contribution in [0, 0.1) is 6.92 Å². The summed E-state index contributed by atoms with van der Waals surface area (Å²) in [5.74, 6) is -0.114. The molecule has 7 nitrogen and oxygen atoms in total. The molecule has 1 N–H and O–H groups in total. The highest BCUT2D eigenvalue weighted by atomic mass is 32.2. The molecule has 0 bridgehead atoms. The molecule has 1 unspecified atom stereocenters. The van der Waals surface area contributed by atoms with Gasteiger partial charge in [-0.25, -0.2) is 8.42 Å². The lowest BCUT2D eigenvalue weighted by Gasteiger charge is -2.38. The average molecular weight is 473 g/mol. The number of likely N-dealkylation sites (tertiary alicyclic amines) is 1. The highest BCUT2D eigenvalue weighted by Gasteiger charge is 2.36. The third-order valence-electron chi connectivity index (χ3n) is 6.63. The first-order valence-electron chi connectivity index (χ1n) is 11.5. The first-order chi connectivity index (χ1) is 15.7. The van der Waals surface area contributed by atoms with Crippen molar-refractivity contribution in [2.24, 2.45) is 0 Å². The van der Waals surface area contributed by atoms with E-state index in [0.717, 1.165) is 11.1 Å². The minimum Gasteiger partial charge on any atom is -0.389 e. The van der Waals surface area contributed by atoms with Crippen LogP contribution < -0.4 is 0 Å². The second kappa shape index (κ2) is 9.93. The van der Waals surface area contributed by atoms with Crippen molar-refractivity contribution in [2.45, 2.75) is 49.2 Å². The Kier molecular flexibility index (Phi) is 7.19. The molecule has 2 aliphatic rings. The predicted octanol–water partition coefficient (Wildman–Crippen LogP) is 2.37. The van der Waals surface area contributed by atoms with Gasteiger partial charge in [0.05, 0.1) is 16.6 Å². The van der Waals surface area contributed by atoms with Crippen LogP contribution in [-0.4, -0.2) is 73.1 Å². The smallest absolute Gasteiger partial charge is 0.248 e. The molecular formula is C25H32N2O5S. The third kappa shape index (κ3) is 5.81. The highest BCUT2D eigenvalue weighted by molar-refractivity contribution is 7.89. The van der Waals surface area contributed by atoms with Gasteiger partial charge in [0.1, 0.15) is 6.61 Å². The first kappa shape index (κ1) is 23.9. The molecule has 4 rings (SSSR count). The Bertz CT molecular complexity index is 1050. The van der Waals surface area contributed by atoms with Crippen LogP contribution in [0.5, 0.6) is 0 Å². The van der Waals surface area contributed by atoms with E-state index in [1.807, 2.05) is 37.3 Å². The Balaban J connectivity index is 1.23. The number of rotatable bonds is 7. The van der Waals surface area contributed by atoms with Crippen molar-refractivity contribution < 1.29 is 23.1 Å². The molecule has 178 valence electrons. The fourth-order valence-electron chi connectivity index (χ4n) is 4.52. The van der Waals surface area contributed by atoms with Crippen molar-refractivity contribution in [1.29, 1.82) is 0 Å². The number of carbonyl (C=O) groups is 1. The van der Waals surface area contributed by atoms with Gasteiger partial charge < -0.3 is 14.7 Å². The number of piperidine rings is 1. The summed E-state index contributed by atoms with van der Waals surface area (Å²) in [5.41, 5.74) is 1.30. The van der Waals surface area contributed by atoms with Gasteiger partial charge in [0.2, 0.25) is 15.9 Å². The van der Waals surface area contributed by atoms with Crippen LogP contribution >= 0.6 is 0 Å². The van der Waals surface area contributed by atoms with Crippen LogP contribution in [0.1, 0.15) is 30.4 Å². The SMILES string of the molecule is Cc1ccc(S(=O)(=O)N2CCC(OCC(=O)N3CCC(O)(Cc4ccccc4)CC3)C2)cc1. The van der Waals surface area contributed by atoms with Crippen molar-refractivity contribution in [3.05, 3.63) is 65.7 Å². The van der Waals surface area contributed by atoms with E-state index in [9.17, 15) is 18.3 Å². The van der Waals surface area contributed by atoms with Crippen LogP contribution in [-0.2, 0) is 26.0 Å². The van der Waals surface area contributed by atoms with E-state index in [-0.39, 0.29) is 30.1 Å². The average Bonchev–Trinajstić information content (AvgIpc) is 3.29. The molecule has 2 aromatic rings. The van der Waals surface area contributed by atoms with E-state index in [2.05, 4.69) is 0 Å². The van der Waals surface area contributed by atoms with Gasteiger partial charge in [-0.1, -0.05) is 48.0 Å². The number of aliphatic hydroxyl groups is 1. The van der Waals surface area contributed by atoms with Gasteiger partial charge >= 0.3 is 0 Å². The molecule has 0 spiro atoms. The Labute approximate surface area is 196 Å². The Morgan fingerprint density at radius 1 is 1.06 bits per heavy atom. The van der Waals surface area contributed by atoms with Crippen molar-refractivity contribution >= 4 is 15.9 Å². The zero-order chi connectivity index (χ0) is 23.5. The predicted molar refractivity (Wildman–Crippen MR) is 125 cm³/mol. The molecule has 0 aromatic heterocycles. The molecule has 2 heterocycles. The number of hydrogen-bond donors (Lipinski definition) is 1. The summed E-state index contributed by atoms with van der Waals surface area (Å²) in [6.07, 6.45) is 1.91. The van der Waals surface area contributed by atoms with E-state index in [1.165, 1.54) is 4.31 Å². The summed E-state index contributed by atoms with van der Waals surface area (Å²) in [6.45, 7) is 3.46. The normalized spacial score (nSPS) is 21.3. The molecule has 1 atom stereocenters. The largest absolute Gasteiger partial charge is 0.389 e. The van der Waals surface area contributed by atoms with Crippen molar-refractivity contribution in [2.75, 3.05) is 32.8 Å². The van der Waals surface area contributed by atoms with E-state index >= 15 is 0 Å². The van der Waals surface area contributed by atoms with Gasteiger partial charge in [0.25, 0.3) is 0 Å². The number of hydrogen-bond acceptors (Lipinski definition) is 5. The van der Waals surface area contributed by atoms with Crippen molar-refractivity contribution in [1.82, 2.24) is 9.21 Å². The number of sulfonamides is 1. The molecule has 0 aliphatic carbocycles. The number of amides is 1. The topological polar surface area (TPSA) is 87.2 Å². The van der Waals surface area contributed by atoms with Gasteiger partial charge in [-0.3, -0.25) is 4.79 Å². The number of carbonyl (C=O) groups excluding carboxylic acids is 1. The van der Waals surface area contributed by atoms with Gasteiger partial charge in [-0.2, -0.15) is 4.31 Å². The highest BCUT2D eigenvalue weighted by Crippen LogP contribution is 2.27. The van der Waals surface area contributed by atoms with Crippen LogP contribution in [0.2, 0.25) is 0 Å². The summed E-state index contributed by atoms with van der Waals surface area (Å²) in [6, 6.07) is 16.7. The first-order valence-corrected chi connectivity index (χ1v) is 12.9. The zero-order valence-electron chi connectivity index (χ0n) is 19.0. The van der Waals surface area contributed by atoms with Gasteiger partial charge in [0.15, 0.2) is 0 Å². The lowest BCUT2D eigenvalue weighted by molar-refractivity contribution is -0.142. The molecule has 2 aromatic carbocycles. The summed E-state index contributed by atoms with van der Waals surface area (Å²) in [5, 5.41) is 10.9. The monoisotopic (exact) mass is 472 g/mol. The maximum atomic E-state index is 12.8. The number of aryl methyl sites for hydroxylation is 1. The number of nitrogens with zero attached hydrogens (tertiary/aromatic N) is 2. The maximum absolute atomic E-state index is 12.8. The molecule has 2 saturated heterocycles. The molecule has 2 aliphatic heterocycles. The van der Waals surface area contributed by atoms with Crippen LogP contribution in [0.3, 0.4) is 0 Å². The van der Waals surface area contributed by atoms with E-state index in [0.29, 0.717) is 45.3 Å². The summed E-state index contributed by atoms with van der Waals surface area (Å²) in [4.78, 5) is 14.7. The van der Waals surface area contributed by atoms with Gasteiger partial charge in [0, 0.05) is 32.6 Å². The van der Waals surface area contributed by atoms with Crippen molar-refractivity contribution in [3.63, 3.8) is 0 Å². The second-order valence-corrected chi connectivity index (χ2v) is 11.1. The fourth-order valence-corrected chi connectivity index (χ4v) is 6.00. The maximum Gasteiger partial charge on any atom is 0.248 e. The second-order valence-electron chi connectivity index (χ2n) is 9.17. The number of benzene rings is 2. The summed E-state index contributed by atoms with van der Waals surface area (Å²) in [7, 11) is -3.56. The molecule has 2 fully saturated rings. The standard InChI is InChI=1S/C25H32N2O5S/c1-20-7-9-23(10-8-20)33(30,31)27-14-11-22(18-27)32-19-24(28)26-15-12-25(29,13-16-26)17-21-5-3-2-4-6-21/h2-10,22,29H,11-19H2,1H3. The molecule has 0 radical (unpaired) electrons. The Morgan fingerprint density at radius 3 is 2.39 bits per heavy atom. The van der Waals surface area contributed by atoms with Gasteiger partial charge in [-0.15, -0.1) is 0 Å². The molecule has 33 heavy (non-hydrogen) atoms. The van der Waals surface area contributed by atoms with Crippen molar-refractivity contribution in [3.8, 4) is 0 Å². The molecule has 8 heteroatoms.